The van der Waals surface area contributed by atoms with E-state index in [0.717, 1.165) is 0 Å². The topological polar surface area (TPSA) is 54.0 Å². The number of allylic oxidation sites excluding steroid dienone is 1. The van der Waals surface area contributed by atoms with Crippen molar-refractivity contribution in [2.24, 2.45) is 0 Å². The van der Waals surface area contributed by atoms with Gasteiger partial charge in [-0.05, 0) is 63.2 Å². The van der Waals surface area contributed by atoms with Crippen molar-refractivity contribution < 1.29 is 21.9 Å². The molecule has 0 aliphatic heterocycles. The van der Waals surface area contributed by atoms with Crippen molar-refractivity contribution in [3.05, 3.63) is 12.2 Å². The van der Waals surface area contributed by atoms with Gasteiger partial charge in [0.25, 0.3) is 0 Å². The fraction of sp³-hybridized carbons (Fsp3) is 0.912. The minimum atomic E-state index is -3.38. The molecule has 43 heavy (non-hydrogen) atoms. The van der Waals surface area contributed by atoms with Crippen LogP contribution in [0.15, 0.2) is 12.2 Å². The fourth-order valence-electron chi connectivity index (χ4n) is 8.73. The third-order valence-corrected chi connectivity index (χ3v) is 35.5. The first kappa shape index (κ1) is 43.0. The lowest BCUT2D eigenvalue weighted by Gasteiger charge is -2.56. The summed E-state index contributed by atoms with van der Waals surface area (Å²) in [5.41, 5.74) is 3.63. The quantitative estimate of drug-likeness (QED) is 0.0557. The molecule has 0 saturated heterocycles. The molecule has 0 aromatic carbocycles. The van der Waals surface area contributed by atoms with Gasteiger partial charge in [0.2, 0.25) is 0 Å². The average molecular weight is 675 g/mol. The van der Waals surface area contributed by atoms with E-state index in [1.165, 1.54) is 6.08 Å². The fourth-order valence-corrected chi connectivity index (χ4v) is 39.1. The first-order valence-corrected chi connectivity index (χ1v) is 25.8. The summed E-state index contributed by atoms with van der Waals surface area (Å²) < 4.78 is 29.7. The highest BCUT2D eigenvalue weighted by Gasteiger charge is 2.63. The van der Waals surface area contributed by atoms with E-state index in [9.17, 15) is 4.79 Å². The highest BCUT2D eigenvalue weighted by atomic mass is 28.5. The maximum absolute atomic E-state index is 12.3. The smallest absolute Gasteiger partial charge is 0.463 e. The molecular formula is C34H74O5Si4. The molecule has 0 aliphatic rings. The van der Waals surface area contributed by atoms with E-state index in [-0.39, 0.29) is 5.97 Å². The van der Waals surface area contributed by atoms with E-state index < -0.39 is 33.8 Å². The molecule has 0 N–H and O–H groups in total. The summed E-state index contributed by atoms with van der Waals surface area (Å²) in [5.74, 6) is -0.293. The van der Waals surface area contributed by atoms with Crippen LogP contribution in [-0.4, -0.2) is 46.3 Å². The average Bonchev–Trinajstić information content (AvgIpc) is 2.85. The number of carbonyl (C=O) groups is 1. The number of ether oxygens (including phenoxy) is 1. The second-order valence-electron chi connectivity index (χ2n) is 15.7. The second-order valence-corrected chi connectivity index (χ2v) is 35.5. The number of rotatable bonds is 20. The zero-order chi connectivity index (χ0) is 34.1. The van der Waals surface area contributed by atoms with Crippen molar-refractivity contribution in [2.45, 2.75) is 194 Å². The van der Waals surface area contributed by atoms with E-state index in [1.54, 1.807) is 6.08 Å². The van der Waals surface area contributed by atoms with Gasteiger partial charge in [-0.1, -0.05) is 131 Å². The van der Waals surface area contributed by atoms with Crippen LogP contribution in [0.2, 0.25) is 55.9 Å². The molecule has 256 valence electrons. The van der Waals surface area contributed by atoms with Crippen LogP contribution in [0.4, 0.5) is 0 Å². The molecule has 0 heterocycles. The predicted molar refractivity (Wildman–Crippen MR) is 197 cm³/mol. The van der Waals surface area contributed by atoms with Crippen LogP contribution >= 0.6 is 0 Å². The number of hydrogen-bond acceptors (Lipinski definition) is 5. The lowest BCUT2D eigenvalue weighted by Crippen LogP contribution is -2.69. The Kier molecular flexibility index (Phi) is 17.7. The van der Waals surface area contributed by atoms with Gasteiger partial charge in [-0.2, -0.15) is 0 Å². The summed E-state index contributed by atoms with van der Waals surface area (Å²) in [5, 5.41) is 0. The molecule has 0 unspecified atom stereocenters. The molecule has 0 rings (SSSR count). The molecule has 0 saturated carbocycles. The molecule has 0 bridgehead atoms. The Bertz CT molecular complexity index is 701. The lowest BCUT2D eigenvalue weighted by atomic mass is 10.5. The standard InChI is InChI=1S/C34H74O5Si4/c1-20-22-34(35)36-23-21-24-40(37-41(25(2)3,26(4)5)27(6)7,38-42(28(8)9,29(10)11)30(12)13)39-43(31(14)15,32(16)17)33(18)19/h20,22,25-33H,21,23-24H2,1-19H3. The highest BCUT2D eigenvalue weighted by Crippen LogP contribution is 2.53. The first-order valence-electron chi connectivity index (χ1n) is 17.5. The maximum Gasteiger partial charge on any atom is 0.469 e. The van der Waals surface area contributed by atoms with Gasteiger partial charge in [0.05, 0.1) is 6.61 Å². The Morgan fingerprint density at radius 1 is 0.512 bits per heavy atom. The molecule has 0 aromatic rings. The summed E-state index contributed by atoms with van der Waals surface area (Å²) in [6.45, 7) is 44.7. The Labute approximate surface area is 273 Å². The van der Waals surface area contributed by atoms with Gasteiger partial charge in [-0.15, -0.1) is 0 Å². The zero-order valence-corrected chi connectivity index (χ0v) is 36.0. The van der Waals surface area contributed by atoms with E-state index in [1.807, 2.05) is 6.92 Å². The van der Waals surface area contributed by atoms with Crippen molar-refractivity contribution in [2.75, 3.05) is 6.61 Å². The Balaban J connectivity index is 7.84. The second kappa shape index (κ2) is 17.8. The number of esters is 1. The van der Waals surface area contributed by atoms with E-state index >= 15 is 0 Å². The number of hydrogen-bond donors (Lipinski definition) is 0. The van der Waals surface area contributed by atoms with Crippen LogP contribution in [0.5, 0.6) is 0 Å². The van der Waals surface area contributed by atoms with Crippen molar-refractivity contribution in [3.8, 4) is 0 Å². The third kappa shape index (κ3) is 9.73. The third-order valence-electron chi connectivity index (χ3n) is 10.3. The number of carbonyl (C=O) groups excluding carboxylic acids is 1. The zero-order valence-electron chi connectivity index (χ0n) is 32.0. The molecular weight excluding hydrogens is 601 g/mol. The molecule has 5 nitrogen and oxygen atoms in total. The van der Waals surface area contributed by atoms with E-state index in [2.05, 4.69) is 125 Å². The Morgan fingerprint density at radius 2 is 0.767 bits per heavy atom. The minimum Gasteiger partial charge on any atom is -0.463 e. The molecule has 0 aliphatic carbocycles. The van der Waals surface area contributed by atoms with Crippen molar-refractivity contribution in [3.63, 3.8) is 0 Å². The van der Waals surface area contributed by atoms with Crippen molar-refractivity contribution in [1.82, 2.24) is 0 Å². The normalized spacial score (nSPS) is 14.5. The van der Waals surface area contributed by atoms with Crippen LogP contribution in [0.1, 0.15) is 138 Å². The van der Waals surface area contributed by atoms with Crippen LogP contribution < -0.4 is 0 Å². The summed E-state index contributed by atoms with van der Waals surface area (Å²) in [6.07, 6.45) is 3.89. The van der Waals surface area contributed by atoms with Crippen molar-refractivity contribution >= 4 is 39.7 Å². The van der Waals surface area contributed by atoms with Gasteiger partial charge < -0.3 is 17.1 Å². The van der Waals surface area contributed by atoms with Gasteiger partial charge in [0.1, 0.15) is 0 Å². The Hall–Kier alpha value is -0.0425. The SMILES string of the molecule is CC=CC(=O)OCCC[Si](O[Si](C(C)C)(C(C)C)C(C)C)(O[Si](C(C)C)(C(C)C)C(C)C)O[Si](C(C)C)(C(C)C)C(C)C. The minimum absolute atomic E-state index is 0.293. The largest absolute Gasteiger partial charge is 0.469 e. The van der Waals surface area contributed by atoms with Gasteiger partial charge in [-0.25, -0.2) is 4.79 Å². The van der Waals surface area contributed by atoms with Gasteiger partial charge in [-0.3, -0.25) is 0 Å². The van der Waals surface area contributed by atoms with Gasteiger partial charge in [0.15, 0.2) is 25.0 Å². The van der Waals surface area contributed by atoms with Gasteiger partial charge >= 0.3 is 14.8 Å². The van der Waals surface area contributed by atoms with Crippen LogP contribution in [0.25, 0.3) is 0 Å². The molecule has 0 fully saturated rings. The molecule has 0 aromatic heterocycles. The molecule has 0 atom stereocenters. The summed E-state index contributed by atoms with van der Waals surface area (Å²) in [7, 11) is -10.7. The molecule has 9 heteroatoms. The summed E-state index contributed by atoms with van der Waals surface area (Å²) in [6, 6.07) is 0.679. The van der Waals surface area contributed by atoms with E-state index in [4.69, 9.17) is 17.1 Å². The van der Waals surface area contributed by atoms with Gasteiger partial charge in [0, 0.05) is 12.1 Å². The summed E-state index contributed by atoms with van der Waals surface area (Å²) >= 11 is 0. The monoisotopic (exact) mass is 674 g/mol. The molecule has 0 radical (unpaired) electrons. The predicted octanol–water partition coefficient (Wildman–Crippen LogP) is 12.0. The molecule has 0 amide bonds. The molecule has 0 spiro atoms. The maximum atomic E-state index is 12.3. The van der Waals surface area contributed by atoms with Crippen LogP contribution in [0.3, 0.4) is 0 Å². The Morgan fingerprint density at radius 3 is 0.977 bits per heavy atom. The van der Waals surface area contributed by atoms with E-state index in [0.29, 0.717) is 68.9 Å². The highest BCUT2D eigenvalue weighted by molar-refractivity contribution is 6.94. The van der Waals surface area contributed by atoms with Crippen LogP contribution in [-0.2, 0) is 21.9 Å². The lowest BCUT2D eigenvalue weighted by molar-refractivity contribution is -0.137. The van der Waals surface area contributed by atoms with Crippen LogP contribution in [0, 0.1) is 0 Å². The first-order chi connectivity index (χ1) is 19.6. The summed E-state index contributed by atoms with van der Waals surface area (Å²) in [4.78, 5) is 12.3. The van der Waals surface area contributed by atoms with Crippen molar-refractivity contribution in [1.29, 1.82) is 0 Å².